The molecule has 6 aromatic rings. The lowest BCUT2D eigenvalue weighted by Crippen LogP contribution is -2.48. The summed E-state index contributed by atoms with van der Waals surface area (Å²) in [5, 5.41) is 15.2. The highest BCUT2D eigenvalue weighted by molar-refractivity contribution is 8.08. The Bertz CT molecular complexity index is 4690. The zero-order chi connectivity index (χ0) is 65.1. The summed E-state index contributed by atoms with van der Waals surface area (Å²) in [6, 6.07) is 15.8. The van der Waals surface area contributed by atoms with Crippen molar-refractivity contribution in [3.05, 3.63) is 136 Å². The summed E-state index contributed by atoms with van der Waals surface area (Å²) in [7, 11) is -28.9. The molecule has 0 saturated carbocycles. The smallest absolute Gasteiger partial charge is 0.295 e. The summed E-state index contributed by atoms with van der Waals surface area (Å²) in [5.74, 6) is -1.54. The number of fused-ring (bicyclic) bond motifs is 6. The zero-order valence-electron chi connectivity index (χ0n) is 48.0. The molecule has 9 N–H and O–H groups in total. The van der Waals surface area contributed by atoms with Crippen LogP contribution in [0, 0.1) is 0 Å². The fraction of sp³-hybridized carbons (Fsp3) is 0.327. The van der Waals surface area contributed by atoms with Crippen LogP contribution < -0.4 is 15.4 Å². The van der Waals surface area contributed by atoms with Gasteiger partial charge < -0.3 is 10.2 Å². The van der Waals surface area contributed by atoms with Crippen LogP contribution in [0.2, 0.25) is 0 Å². The van der Waals surface area contributed by atoms with Crippen molar-refractivity contribution >= 4 is 122 Å². The Morgan fingerprint density at radius 2 is 1.39 bits per heavy atom. The van der Waals surface area contributed by atoms with E-state index in [4.69, 9.17) is 5.14 Å². The van der Waals surface area contributed by atoms with Gasteiger partial charge in [0.05, 0.1) is 32.3 Å². The molecule has 0 saturated heterocycles. The Kier molecular flexibility index (Phi) is 18.5. The van der Waals surface area contributed by atoms with E-state index < -0.39 is 113 Å². The molecule has 0 fully saturated rings. The second-order valence-corrected chi connectivity index (χ2v) is 33.4. The summed E-state index contributed by atoms with van der Waals surface area (Å²) in [4.78, 5) is 24.4. The SMILES string of the molecule is CCC[N+]1=C(/C=C/C=C/C=C2/N(CCCS(=O)(=O)O)c3ccc4c(S(=O)(O)(O)N(C)CCCC(=O)NCc5ccc(C(=O)Cc6nnc(S(N)(=O)=O)s6)cc5)cc(S(=O)(=O)O)cc4c3C2(C)C)C(C)(C)c2c1ccc1c(S(=O)(=O)O)cc(S(=O)(=O)O)cc21. The maximum atomic E-state index is 14.8. The van der Waals surface area contributed by atoms with Crippen LogP contribution in [0.15, 0.2) is 133 Å². The van der Waals surface area contributed by atoms with Gasteiger partial charge in [-0.05, 0) is 91.1 Å². The standard InChI is InChI=1S/C55H63N7O19S7/c1-7-24-61-42-22-20-38-40(28-36(85(70,71)72)30-45(38)87(76,77)78)51(42)54(2,3)47(61)13-9-8-10-14-48-55(4,5)52-41-29-37(86(73,74)75)31-46(39(41)21-23-43(52)62(48)26-12-27-83(65,66)67)88(79,80,81)60(6)25-11-15-49(64)57-33-34-16-18-35(19-17-34)44(63)32-50-58-59-53(82-50)84(56,68)69/h8-10,13-14,16-23,28-31H,7,11-12,15,24-27,32-33H2,1-6H3,(H8-,56,57,64,65,66,67,68,69,70,71,72,73,74,75,76,77,78,79,80,81)/p+1. The van der Waals surface area contributed by atoms with Crippen molar-refractivity contribution in [1.29, 1.82) is 0 Å². The van der Waals surface area contributed by atoms with E-state index in [2.05, 4.69) is 15.5 Å². The summed E-state index contributed by atoms with van der Waals surface area (Å²) >= 11 is 0.669. The molecular weight excluding hydrogens is 1290 g/mol. The number of sulfonamides is 1. The number of rotatable bonds is 24. The van der Waals surface area contributed by atoms with Gasteiger partial charge in [0.2, 0.25) is 15.9 Å². The third-order valence-electron chi connectivity index (χ3n) is 15.2. The Morgan fingerprint density at radius 3 is 1.98 bits per heavy atom. The molecule has 0 atom stereocenters. The van der Waals surface area contributed by atoms with Gasteiger partial charge in [-0.1, -0.05) is 80.7 Å². The van der Waals surface area contributed by atoms with Crippen molar-refractivity contribution in [2.45, 2.75) is 108 Å². The van der Waals surface area contributed by atoms with Gasteiger partial charge in [0.25, 0.3) is 50.5 Å². The number of nitrogens with zero attached hydrogens (tertiary/aromatic N) is 5. The first-order valence-electron chi connectivity index (χ1n) is 26.7. The minimum Gasteiger partial charge on any atom is -0.352 e. The number of hydrogen-bond acceptors (Lipinski definition) is 17. The first-order chi connectivity index (χ1) is 40.5. The number of amides is 1. The molecule has 474 valence electrons. The Labute approximate surface area is 512 Å². The van der Waals surface area contributed by atoms with E-state index >= 15 is 0 Å². The molecule has 8 rings (SSSR count). The highest BCUT2D eigenvalue weighted by Gasteiger charge is 2.47. The van der Waals surface area contributed by atoms with E-state index in [-0.39, 0.29) is 76.7 Å². The first kappa shape index (κ1) is 67.5. The van der Waals surface area contributed by atoms with E-state index in [1.807, 2.05) is 25.3 Å². The average Bonchev–Trinajstić information content (AvgIpc) is 1.40. The largest absolute Gasteiger partial charge is 0.352 e. The molecule has 0 unspecified atom stereocenters. The summed E-state index contributed by atoms with van der Waals surface area (Å²) in [6.45, 7) is 9.11. The summed E-state index contributed by atoms with van der Waals surface area (Å²) < 4.78 is 205. The number of aromatic nitrogens is 2. The molecule has 2 aliphatic rings. The number of ketones is 1. The number of benzene rings is 5. The molecule has 26 nitrogen and oxygen atoms in total. The number of primary sulfonamides is 1. The van der Waals surface area contributed by atoms with Crippen LogP contribution in [-0.4, -0.2) is 143 Å². The molecule has 5 aromatic carbocycles. The van der Waals surface area contributed by atoms with Gasteiger partial charge in [0.1, 0.15) is 16.4 Å². The molecule has 1 aromatic heterocycles. The van der Waals surface area contributed by atoms with Crippen LogP contribution in [0.5, 0.6) is 0 Å². The topological polar surface area (TPSA) is 417 Å². The lowest BCUT2D eigenvalue weighted by Gasteiger charge is -2.40. The number of nitrogens with two attached hydrogens (primary N) is 1. The zero-order valence-corrected chi connectivity index (χ0v) is 53.8. The van der Waals surface area contributed by atoms with Crippen molar-refractivity contribution in [1.82, 2.24) is 19.8 Å². The van der Waals surface area contributed by atoms with Crippen LogP contribution >= 0.6 is 11.3 Å². The fourth-order valence-electron chi connectivity index (χ4n) is 11.1. The minimum absolute atomic E-state index is 0.00209. The summed E-state index contributed by atoms with van der Waals surface area (Å²) in [5.41, 5.74) is 1.72. The highest BCUT2D eigenvalue weighted by Crippen LogP contribution is 2.53. The number of nitrogens with one attached hydrogen (secondary N) is 1. The van der Waals surface area contributed by atoms with E-state index in [9.17, 15) is 83.2 Å². The number of hydrogen-bond donors (Lipinski definition) is 8. The highest BCUT2D eigenvalue weighted by atomic mass is 32.3. The average molecular weight is 1350 g/mol. The van der Waals surface area contributed by atoms with Gasteiger partial charge in [-0.25, -0.2) is 22.1 Å². The van der Waals surface area contributed by atoms with E-state index in [1.54, 1.807) is 67.3 Å². The second-order valence-electron chi connectivity index (χ2n) is 22.1. The molecule has 0 radical (unpaired) electrons. The predicted octanol–water partition coefficient (Wildman–Crippen LogP) is 6.58. The number of carbonyl (C=O) groups excluding carboxylic acids is 2. The Hall–Kier alpha value is -6.41. The number of carbonyl (C=O) groups is 2. The maximum absolute atomic E-state index is 14.8. The van der Waals surface area contributed by atoms with E-state index in [0.717, 1.165) is 19.2 Å². The van der Waals surface area contributed by atoms with Crippen LogP contribution in [0.25, 0.3) is 21.5 Å². The molecule has 1 amide bonds. The Balaban J connectivity index is 1.06. The fourth-order valence-corrected chi connectivity index (χ4v) is 16.7. The van der Waals surface area contributed by atoms with Gasteiger partial charge in [0.15, 0.2) is 21.3 Å². The van der Waals surface area contributed by atoms with Crippen LogP contribution in [0.1, 0.15) is 92.4 Å². The molecule has 3 heterocycles. The normalized spacial score (nSPS) is 16.5. The summed E-state index contributed by atoms with van der Waals surface area (Å²) in [6.07, 6.45) is 8.45. The number of anilines is 1. The monoisotopic (exact) mass is 1350 g/mol. The lowest BCUT2D eigenvalue weighted by molar-refractivity contribution is -0.437. The van der Waals surface area contributed by atoms with Crippen molar-refractivity contribution in [2.24, 2.45) is 5.14 Å². The van der Waals surface area contributed by atoms with Crippen LogP contribution in [0.3, 0.4) is 0 Å². The molecule has 0 spiro atoms. The van der Waals surface area contributed by atoms with Crippen LogP contribution in [0.4, 0.5) is 11.4 Å². The van der Waals surface area contributed by atoms with Gasteiger partial charge >= 0.3 is 0 Å². The van der Waals surface area contributed by atoms with Crippen molar-refractivity contribution in [2.75, 3.05) is 37.3 Å². The molecule has 2 aliphatic heterocycles. The lowest BCUT2D eigenvalue weighted by atomic mass is 9.79. The van der Waals surface area contributed by atoms with Gasteiger partial charge in [-0.2, -0.15) is 38.2 Å². The van der Waals surface area contributed by atoms with Crippen molar-refractivity contribution < 1.29 is 87.8 Å². The van der Waals surface area contributed by atoms with Gasteiger partial charge in [-0.3, -0.25) is 36.9 Å². The minimum atomic E-state index is -6.31. The molecule has 0 aliphatic carbocycles. The number of allylic oxidation sites excluding steroid dienone is 6. The Morgan fingerprint density at radius 1 is 0.761 bits per heavy atom. The first-order valence-corrected chi connectivity index (χ1v) is 36.9. The number of Topliss-reactive ketones (excluding diaryl/α,β-unsaturated/α-hetero) is 1. The molecule has 33 heteroatoms. The quantitative estimate of drug-likeness (QED) is 0.0137. The molecular formula is C55H64N7O19S7+. The van der Waals surface area contributed by atoms with Gasteiger partial charge in [0, 0.05) is 90.4 Å². The van der Waals surface area contributed by atoms with Crippen LogP contribution in [-0.2, 0) is 88.9 Å². The third-order valence-corrected chi connectivity index (χ3v) is 23.2. The van der Waals surface area contributed by atoms with E-state index in [0.29, 0.717) is 80.2 Å². The molecule has 0 bridgehead atoms. The molecule has 88 heavy (non-hydrogen) atoms. The second kappa shape index (κ2) is 24.1. The predicted molar refractivity (Wildman–Crippen MR) is 329 cm³/mol. The third kappa shape index (κ3) is 14.0. The van der Waals surface area contributed by atoms with Crippen molar-refractivity contribution in [3.63, 3.8) is 0 Å². The van der Waals surface area contributed by atoms with E-state index in [1.165, 1.54) is 30.3 Å². The van der Waals surface area contributed by atoms with Gasteiger partial charge in [-0.15, -0.1) is 10.2 Å². The van der Waals surface area contributed by atoms with Crippen molar-refractivity contribution in [3.8, 4) is 0 Å². The maximum Gasteiger partial charge on any atom is 0.295 e.